The first-order valence-electron chi connectivity index (χ1n) is 7.50. The maximum atomic E-state index is 12.2. The molecule has 2 aliphatic rings. The first-order valence-corrected chi connectivity index (χ1v) is 8.38. The van der Waals surface area contributed by atoms with Crippen LogP contribution in [0.15, 0.2) is 11.6 Å². The van der Waals surface area contributed by atoms with E-state index < -0.39 is 0 Å². The van der Waals surface area contributed by atoms with Crippen LogP contribution in [0.4, 0.5) is 0 Å². The molecule has 1 saturated carbocycles. The molecule has 2 atom stereocenters. The predicted molar refractivity (Wildman–Crippen MR) is 77.1 cm³/mol. The summed E-state index contributed by atoms with van der Waals surface area (Å²) in [5, 5.41) is 3.23. The molecule has 0 N–H and O–H groups in total. The van der Waals surface area contributed by atoms with E-state index in [1.807, 2.05) is 11.6 Å². The van der Waals surface area contributed by atoms with E-state index >= 15 is 0 Å². The van der Waals surface area contributed by atoms with Crippen LogP contribution < -0.4 is 0 Å². The number of carbonyl (C=O) groups excluding carboxylic acids is 1. The summed E-state index contributed by atoms with van der Waals surface area (Å²) in [5.74, 6) is 0.816. The highest BCUT2D eigenvalue weighted by Crippen LogP contribution is 2.32. The van der Waals surface area contributed by atoms with Gasteiger partial charge in [-0.2, -0.15) is 0 Å². The quantitative estimate of drug-likeness (QED) is 0.851. The van der Waals surface area contributed by atoms with E-state index in [-0.39, 0.29) is 0 Å². The highest BCUT2D eigenvalue weighted by atomic mass is 32.1. The summed E-state index contributed by atoms with van der Waals surface area (Å²) in [4.78, 5) is 19.1. The Labute approximate surface area is 119 Å². The molecule has 0 radical (unpaired) electrons. The molecule has 1 aromatic heterocycles. The van der Waals surface area contributed by atoms with Crippen molar-refractivity contribution in [2.24, 2.45) is 5.92 Å². The number of nitrogens with zero attached hydrogens (tertiary/aromatic N) is 2. The lowest BCUT2D eigenvalue weighted by Gasteiger charge is -2.40. The molecule has 3 rings (SSSR count). The van der Waals surface area contributed by atoms with Gasteiger partial charge in [-0.1, -0.05) is 12.8 Å². The molecule has 3 nitrogen and oxygen atoms in total. The van der Waals surface area contributed by atoms with Crippen LogP contribution in [0.25, 0.3) is 0 Å². The second-order valence-corrected chi connectivity index (χ2v) is 6.76. The van der Waals surface area contributed by atoms with Crippen LogP contribution in [0.1, 0.15) is 50.0 Å². The highest BCUT2D eigenvalue weighted by molar-refractivity contribution is 7.09. The van der Waals surface area contributed by atoms with E-state index in [4.69, 9.17) is 0 Å². The number of piperidine rings is 1. The summed E-state index contributed by atoms with van der Waals surface area (Å²) in [6, 6.07) is 0.477. The van der Waals surface area contributed by atoms with Gasteiger partial charge < -0.3 is 0 Å². The van der Waals surface area contributed by atoms with Crippen molar-refractivity contribution in [2.75, 3.05) is 6.54 Å². The second kappa shape index (κ2) is 6.14. The van der Waals surface area contributed by atoms with E-state index in [1.54, 1.807) is 11.3 Å². The van der Waals surface area contributed by atoms with Crippen LogP contribution in [0.5, 0.6) is 0 Å². The van der Waals surface area contributed by atoms with Crippen molar-refractivity contribution in [3.63, 3.8) is 0 Å². The number of hydrogen-bond acceptors (Lipinski definition) is 4. The van der Waals surface area contributed by atoms with Gasteiger partial charge in [0.15, 0.2) is 0 Å². The van der Waals surface area contributed by atoms with Crippen molar-refractivity contribution in [3.05, 3.63) is 16.6 Å². The summed E-state index contributed by atoms with van der Waals surface area (Å²) < 4.78 is 0. The smallest absolute Gasteiger partial charge is 0.137 e. The Hall–Kier alpha value is -0.740. The Morgan fingerprint density at radius 1 is 1.26 bits per heavy atom. The van der Waals surface area contributed by atoms with Crippen LogP contribution in [0.2, 0.25) is 0 Å². The Morgan fingerprint density at radius 2 is 2.16 bits per heavy atom. The molecule has 1 aliphatic heterocycles. The molecule has 1 saturated heterocycles. The van der Waals surface area contributed by atoms with E-state index in [0.717, 1.165) is 32.4 Å². The summed E-state index contributed by atoms with van der Waals surface area (Å²) in [6.07, 6.45) is 9.88. The summed E-state index contributed by atoms with van der Waals surface area (Å²) >= 11 is 1.73. The van der Waals surface area contributed by atoms with Gasteiger partial charge in [-0.15, -0.1) is 11.3 Å². The van der Waals surface area contributed by atoms with Crippen molar-refractivity contribution in [1.82, 2.24) is 9.88 Å². The van der Waals surface area contributed by atoms with E-state index in [0.29, 0.717) is 17.7 Å². The monoisotopic (exact) mass is 278 g/mol. The van der Waals surface area contributed by atoms with Gasteiger partial charge in [0.25, 0.3) is 0 Å². The molecule has 1 aliphatic carbocycles. The molecule has 2 heterocycles. The highest BCUT2D eigenvalue weighted by Gasteiger charge is 2.35. The number of thiazole rings is 1. The third-order valence-corrected chi connectivity index (χ3v) is 5.32. The molecular weight excluding hydrogens is 256 g/mol. The van der Waals surface area contributed by atoms with E-state index in [1.165, 1.54) is 30.7 Å². The molecular formula is C15H22N2OS. The van der Waals surface area contributed by atoms with Gasteiger partial charge in [0.05, 0.1) is 6.54 Å². The molecule has 0 amide bonds. The predicted octanol–water partition coefficient (Wildman–Crippen LogP) is 3.26. The molecule has 0 bridgehead atoms. The fraction of sp³-hybridized carbons (Fsp3) is 0.733. The van der Waals surface area contributed by atoms with Crippen molar-refractivity contribution in [3.8, 4) is 0 Å². The van der Waals surface area contributed by atoms with Crippen LogP contribution >= 0.6 is 11.3 Å². The largest absolute Gasteiger partial charge is 0.299 e. The Bertz CT molecular complexity index is 418. The topological polar surface area (TPSA) is 33.2 Å². The van der Waals surface area contributed by atoms with Crippen molar-refractivity contribution < 1.29 is 4.79 Å². The Kier molecular flexibility index (Phi) is 4.28. The zero-order chi connectivity index (χ0) is 13.1. The fourth-order valence-corrected chi connectivity index (χ4v) is 4.23. The van der Waals surface area contributed by atoms with Gasteiger partial charge in [0, 0.05) is 30.0 Å². The van der Waals surface area contributed by atoms with Crippen LogP contribution in [-0.4, -0.2) is 28.3 Å². The first kappa shape index (κ1) is 13.3. The number of Topliss-reactive ketones (excluding diaryl/α,β-unsaturated/α-hetero) is 1. The van der Waals surface area contributed by atoms with E-state index in [2.05, 4.69) is 9.88 Å². The molecule has 0 aromatic carbocycles. The average molecular weight is 278 g/mol. The standard InChI is InChI=1S/C15H22N2OS/c18-14-7-2-1-5-12(14)13-6-3-4-9-17(13)11-15-16-8-10-19-15/h8,10,12-13H,1-7,9,11H2. The lowest BCUT2D eigenvalue weighted by atomic mass is 9.79. The second-order valence-electron chi connectivity index (χ2n) is 5.78. The zero-order valence-corrected chi connectivity index (χ0v) is 12.2. The molecule has 0 spiro atoms. The van der Waals surface area contributed by atoms with Crippen LogP contribution in [0.3, 0.4) is 0 Å². The number of likely N-dealkylation sites (tertiary alicyclic amines) is 1. The molecule has 2 unspecified atom stereocenters. The van der Waals surface area contributed by atoms with Crippen LogP contribution in [0, 0.1) is 5.92 Å². The Morgan fingerprint density at radius 3 is 2.95 bits per heavy atom. The van der Waals surface area contributed by atoms with Gasteiger partial charge in [-0.3, -0.25) is 9.69 Å². The number of rotatable bonds is 3. The lowest BCUT2D eigenvalue weighted by molar-refractivity contribution is -0.127. The minimum Gasteiger partial charge on any atom is -0.299 e. The third-order valence-electron chi connectivity index (χ3n) is 4.55. The minimum absolute atomic E-state index is 0.300. The number of carbonyl (C=O) groups is 1. The minimum atomic E-state index is 0.300. The number of hydrogen-bond donors (Lipinski definition) is 0. The van der Waals surface area contributed by atoms with Gasteiger partial charge in [0.2, 0.25) is 0 Å². The van der Waals surface area contributed by atoms with Gasteiger partial charge in [-0.05, 0) is 32.2 Å². The van der Waals surface area contributed by atoms with Crippen molar-refractivity contribution in [2.45, 2.75) is 57.5 Å². The fourth-order valence-electron chi connectivity index (χ4n) is 3.59. The van der Waals surface area contributed by atoms with Crippen molar-refractivity contribution in [1.29, 1.82) is 0 Å². The molecule has 4 heteroatoms. The Balaban J connectivity index is 1.71. The van der Waals surface area contributed by atoms with Gasteiger partial charge in [-0.25, -0.2) is 4.98 Å². The van der Waals surface area contributed by atoms with Gasteiger partial charge >= 0.3 is 0 Å². The number of ketones is 1. The van der Waals surface area contributed by atoms with Crippen molar-refractivity contribution >= 4 is 17.1 Å². The first-order chi connectivity index (χ1) is 9.34. The SMILES string of the molecule is O=C1CCCCC1C1CCCCN1Cc1nccs1. The summed E-state index contributed by atoms with van der Waals surface area (Å²) in [7, 11) is 0. The average Bonchev–Trinajstić information content (AvgIpc) is 2.93. The maximum Gasteiger partial charge on any atom is 0.137 e. The van der Waals surface area contributed by atoms with Gasteiger partial charge in [0.1, 0.15) is 10.8 Å². The van der Waals surface area contributed by atoms with Crippen LogP contribution in [-0.2, 0) is 11.3 Å². The molecule has 104 valence electrons. The zero-order valence-electron chi connectivity index (χ0n) is 11.4. The molecule has 19 heavy (non-hydrogen) atoms. The maximum absolute atomic E-state index is 12.2. The number of aromatic nitrogens is 1. The molecule has 1 aromatic rings. The lowest BCUT2D eigenvalue weighted by Crippen LogP contribution is -2.46. The molecule has 2 fully saturated rings. The summed E-state index contributed by atoms with van der Waals surface area (Å²) in [6.45, 7) is 2.07. The third kappa shape index (κ3) is 3.06. The summed E-state index contributed by atoms with van der Waals surface area (Å²) in [5.41, 5.74) is 0. The normalized spacial score (nSPS) is 29.6. The van der Waals surface area contributed by atoms with E-state index in [9.17, 15) is 4.79 Å².